The maximum Gasteiger partial charge on any atom is 0.243 e. The molecular weight excluding hydrogens is 328 g/mol. The fourth-order valence-corrected chi connectivity index (χ4v) is 3.22. The van der Waals surface area contributed by atoms with Crippen LogP contribution in [0.5, 0.6) is 0 Å². The molecule has 1 aliphatic rings. The maximum absolute atomic E-state index is 12.2. The van der Waals surface area contributed by atoms with Gasteiger partial charge >= 0.3 is 0 Å². The minimum absolute atomic E-state index is 0.127. The molecule has 24 heavy (non-hydrogen) atoms. The highest BCUT2D eigenvalue weighted by Crippen LogP contribution is 2.29. The Kier molecular flexibility index (Phi) is 4.57. The third-order valence-electron chi connectivity index (χ3n) is 3.73. The lowest BCUT2D eigenvalue weighted by Crippen LogP contribution is -2.56. The van der Waals surface area contributed by atoms with Crippen LogP contribution in [-0.2, 0) is 16.1 Å². The predicted octanol–water partition coefficient (Wildman–Crippen LogP) is 1.36. The molecule has 3 heterocycles. The number of carbonyl (C=O) groups excluding carboxylic acids is 2. The lowest BCUT2D eigenvalue weighted by atomic mass is 10.1. The van der Waals surface area contributed by atoms with Crippen molar-refractivity contribution in [3.63, 3.8) is 0 Å². The van der Waals surface area contributed by atoms with Gasteiger partial charge in [-0.15, -0.1) is 11.8 Å². The van der Waals surface area contributed by atoms with Crippen LogP contribution in [-0.4, -0.2) is 38.5 Å². The summed E-state index contributed by atoms with van der Waals surface area (Å²) in [5.41, 5.74) is 1.51. The van der Waals surface area contributed by atoms with Gasteiger partial charge in [0.25, 0.3) is 0 Å². The Labute approximate surface area is 143 Å². The minimum Gasteiger partial charge on any atom is -0.359 e. The molecule has 0 spiro atoms. The summed E-state index contributed by atoms with van der Waals surface area (Å²) in [6.45, 7) is 3.90. The summed E-state index contributed by atoms with van der Waals surface area (Å²) in [5, 5.41) is 9.48. The van der Waals surface area contributed by atoms with Crippen LogP contribution in [0.2, 0.25) is 0 Å². The first kappa shape index (κ1) is 16.5. The highest BCUT2D eigenvalue weighted by atomic mass is 32.2. The quantitative estimate of drug-likeness (QED) is 0.868. The molecule has 1 fully saturated rings. The number of amides is 2. The van der Waals surface area contributed by atoms with Gasteiger partial charge in [0.2, 0.25) is 11.8 Å². The van der Waals surface area contributed by atoms with E-state index >= 15 is 0 Å². The number of nitrogens with one attached hydrogen (secondary N) is 2. The lowest BCUT2D eigenvalue weighted by molar-refractivity contribution is -0.129. The van der Waals surface area contributed by atoms with Gasteiger partial charge in [0.1, 0.15) is 11.7 Å². The number of carbonyl (C=O) groups is 2. The molecule has 3 rings (SSSR count). The summed E-state index contributed by atoms with van der Waals surface area (Å²) >= 11 is 1.47. The van der Waals surface area contributed by atoms with Crippen molar-refractivity contribution in [2.75, 3.05) is 5.75 Å². The van der Waals surface area contributed by atoms with Crippen molar-refractivity contribution in [2.45, 2.75) is 31.2 Å². The number of rotatable bonds is 4. The van der Waals surface area contributed by atoms with E-state index in [4.69, 9.17) is 4.52 Å². The van der Waals surface area contributed by atoms with Gasteiger partial charge in [0.05, 0.1) is 11.3 Å². The summed E-state index contributed by atoms with van der Waals surface area (Å²) in [5.74, 6) is 0.725. The number of hydrogen-bond donors (Lipinski definition) is 2. The van der Waals surface area contributed by atoms with Gasteiger partial charge in [-0.05, 0) is 26.0 Å². The molecule has 1 aliphatic heterocycles. The van der Waals surface area contributed by atoms with E-state index in [-0.39, 0.29) is 18.4 Å². The first-order valence-electron chi connectivity index (χ1n) is 7.54. The van der Waals surface area contributed by atoms with Gasteiger partial charge < -0.3 is 15.2 Å². The first-order chi connectivity index (χ1) is 11.5. The van der Waals surface area contributed by atoms with Crippen molar-refractivity contribution in [3.05, 3.63) is 36.4 Å². The molecular formula is C16H18N4O3S. The van der Waals surface area contributed by atoms with E-state index in [1.807, 2.05) is 26.0 Å². The largest absolute Gasteiger partial charge is 0.359 e. The summed E-state index contributed by atoms with van der Waals surface area (Å²) in [6.07, 6.45) is 3.37. The molecule has 1 saturated heterocycles. The van der Waals surface area contributed by atoms with Gasteiger partial charge in [-0.1, -0.05) is 5.16 Å². The van der Waals surface area contributed by atoms with E-state index < -0.39 is 10.8 Å². The molecule has 0 unspecified atom stereocenters. The summed E-state index contributed by atoms with van der Waals surface area (Å²) in [4.78, 5) is 28.1. The number of hydrogen-bond acceptors (Lipinski definition) is 6. The molecule has 0 aliphatic carbocycles. The fourth-order valence-electron chi connectivity index (χ4n) is 2.22. The molecule has 2 N–H and O–H groups in total. The highest BCUT2D eigenvalue weighted by Gasteiger charge is 2.37. The van der Waals surface area contributed by atoms with Crippen LogP contribution >= 0.6 is 11.8 Å². The molecule has 2 aromatic rings. The Morgan fingerprint density at radius 3 is 3.08 bits per heavy atom. The normalized spacial score (nSPS) is 19.6. The summed E-state index contributed by atoms with van der Waals surface area (Å²) in [7, 11) is 0. The Morgan fingerprint density at radius 1 is 1.54 bits per heavy atom. The van der Waals surface area contributed by atoms with Gasteiger partial charge in [-0.25, -0.2) is 0 Å². The zero-order chi connectivity index (χ0) is 17.2. The van der Waals surface area contributed by atoms with Gasteiger partial charge in [-0.2, -0.15) is 0 Å². The zero-order valence-corrected chi connectivity index (χ0v) is 14.2. The van der Waals surface area contributed by atoms with Crippen molar-refractivity contribution >= 4 is 23.6 Å². The van der Waals surface area contributed by atoms with Crippen LogP contribution in [0, 0.1) is 0 Å². The summed E-state index contributed by atoms with van der Waals surface area (Å²) in [6, 6.07) is 4.92. The van der Waals surface area contributed by atoms with Gasteiger partial charge in [-0.3, -0.25) is 14.6 Å². The van der Waals surface area contributed by atoms with Crippen LogP contribution < -0.4 is 10.6 Å². The smallest absolute Gasteiger partial charge is 0.243 e. The monoisotopic (exact) mass is 346 g/mol. The maximum atomic E-state index is 12.2. The second kappa shape index (κ2) is 6.64. The van der Waals surface area contributed by atoms with E-state index in [9.17, 15) is 9.59 Å². The second-order valence-corrected chi connectivity index (χ2v) is 7.63. The van der Waals surface area contributed by atoms with Crippen LogP contribution in [0.3, 0.4) is 0 Å². The van der Waals surface area contributed by atoms with E-state index in [0.717, 1.165) is 5.56 Å². The van der Waals surface area contributed by atoms with E-state index in [1.54, 1.807) is 18.5 Å². The van der Waals surface area contributed by atoms with Crippen molar-refractivity contribution in [3.8, 4) is 11.3 Å². The SMILES string of the molecule is CC1(C)SC[C@H](C(=O)NCc2cc(-c3cccnc3)no2)NC1=O. The molecule has 0 saturated carbocycles. The lowest BCUT2D eigenvalue weighted by Gasteiger charge is -2.32. The van der Waals surface area contributed by atoms with E-state index in [0.29, 0.717) is 17.2 Å². The molecule has 126 valence electrons. The predicted molar refractivity (Wildman–Crippen MR) is 90.0 cm³/mol. The number of thioether (sulfide) groups is 1. The third-order valence-corrected chi connectivity index (χ3v) is 5.14. The van der Waals surface area contributed by atoms with Gasteiger partial charge in [0.15, 0.2) is 5.76 Å². The third kappa shape index (κ3) is 3.59. The molecule has 2 aromatic heterocycles. The highest BCUT2D eigenvalue weighted by molar-refractivity contribution is 8.01. The van der Waals surface area contributed by atoms with Crippen molar-refractivity contribution in [2.24, 2.45) is 0 Å². The number of pyridine rings is 1. The Bertz CT molecular complexity index is 745. The average molecular weight is 346 g/mol. The standard InChI is InChI=1S/C16H18N4O3S/c1-16(2)15(22)19-13(9-24-16)14(21)18-8-11-6-12(20-23-11)10-4-3-5-17-7-10/h3-7,13H,8-9H2,1-2H3,(H,18,21)(H,19,22)/t13-/m1/s1. The van der Waals surface area contributed by atoms with Crippen LogP contribution in [0.4, 0.5) is 0 Å². The Hall–Kier alpha value is -2.35. The van der Waals surface area contributed by atoms with Crippen molar-refractivity contribution in [1.82, 2.24) is 20.8 Å². The van der Waals surface area contributed by atoms with E-state index in [1.165, 1.54) is 11.8 Å². The number of nitrogens with zero attached hydrogens (tertiary/aromatic N) is 2. The minimum atomic E-state index is -0.531. The first-order valence-corrected chi connectivity index (χ1v) is 8.53. The average Bonchev–Trinajstić information content (AvgIpc) is 3.05. The molecule has 0 aromatic carbocycles. The van der Waals surface area contributed by atoms with Crippen LogP contribution in [0.15, 0.2) is 35.1 Å². The second-order valence-electron chi connectivity index (χ2n) is 5.99. The molecule has 2 amide bonds. The molecule has 7 nitrogen and oxygen atoms in total. The number of aromatic nitrogens is 2. The van der Waals surface area contributed by atoms with E-state index in [2.05, 4.69) is 20.8 Å². The van der Waals surface area contributed by atoms with Crippen molar-refractivity contribution in [1.29, 1.82) is 0 Å². The topological polar surface area (TPSA) is 97.1 Å². The Morgan fingerprint density at radius 2 is 2.38 bits per heavy atom. The molecule has 1 atom stereocenters. The zero-order valence-electron chi connectivity index (χ0n) is 13.4. The molecule has 8 heteroatoms. The summed E-state index contributed by atoms with van der Waals surface area (Å²) < 4.78 is 4.73. The van der Waals surface area contributed by atoms with Crippen LogP contribution in [0.25, 0.3) is 11.3 Å². The van der Waals surface area contributed by atoms with Gasteiger partial charge in [0, 0.05) is 29.8 Å². The molecule has 0 radical (unpaired) electrons. The van der Waals surface area contributed by atoms with Crippen LogP contribution in [0.1, 0.15) is 19.6 Å². The van der Waals surface area contributed by atoms with Crippen molar-refractivity contribution < 1.29 is 14.1 Å². The Balaban J connectivity index is 1.56. The molecule has 0 bridgehead atoms. The fraction of sp³-hybridized carbons (Fsp3) is 0.375.